The number of hydrogen-bond donors (Lipinski definition) is 9. The van der Waals surface area contributed by atoms with Crippen molar-refractivity contribution in [2.24, 2.45) is 5.16 Å². The maximum Gasteiger partial charge on any atom is 0.357 e. The number of nitrogens with zero attached hydrogens (tertiary/aromatic N) is 5. The van der Waals surface area contributed by atoms with Crippen molar-refractivity contribution in [3.05, 3.63) is 33.8 Å². The SMILES string of the molecule is CC(C)(O/N=C(\C(=O)NC1C(=O)N(CCC(=O)O)[C@@H]1SN1CCN(NC(=O)NOCCNC(=O)c2ccc(O)c(O)c2Cl)C1=O)c1csc(N)n1)C(=O)O. The number of hydrogen-bond acceptors (Lipinski definition) is 16. The summed E-state index contributed by atoms with van der Waals surface area (Å²) in [6.07, 6.45) is -0.452. The lowest BCUT2D eigenvalue weighted by molar-refractivity contribution is -0.161. The quantitative estimate of drug-likeness (QED) is 0.0242. The van der Waals surface area contributed by atoms with Crippen molar-refractivity contribution in [2.75, 3.05) is 38.5 Å². The Labute approximate surface area is 317 Å². The minimum absolute atomic E-state index is 0.00703. The summed E-state index contributed by atoms with van der Waals surface area (Å²) in [6, 6.07) is -0.776. The van der Waals surface area contributed by atoms with E-state index in [-0.39, 0.29) is 54.2 Å². The van der Waals surface area contributed by atoms with Crippen LogP contribution in [0.5, 0.6) is 11.5 Å². The number of nitrogen functional groups attached to an aromatic ring is 1. The van der Waals surface area contributed by atoms with E-state index in [1.807, 2.05) is 5.48 Å². The van der Waals surface area contributed by atoms with Gasteiger partial charge in [-0.15, -0.1) is 11.3 Å². The topological polar surface area (TPSA) is 328 Å². The van der Waals surface area contributed by atoms with Gasteiger partial charge in [-0.3, -0.25) is 28.3 Å². The van der Waals surface area contributed by atoms with Crippen LogP contribution in [0.15, 0.2) is 22.7 Å². The number of amides is 7. The Morgan fingerprint density at radius 3 is 2.54 bits per heavy atom. The van der Waals surface area contributed by atoms with Crippen LogP contribution in [0.1, 0.15) is 36.3 Å². The molecule has 26 heteroatoms. The number of halogens is 1. The average molecular weight is 817 g/mol. The number of aliphatic carboxylic acids is 2. The molecule has 2 aliphatic heterocycles. The predicted molar refractivity (Wildman–Crippen MR) is 187 cm³/mol. The first-order chi connectivity index (χ1) is 25.4. The van der Waals surface area contributed by atoms with Gasteiger partial charge < -0.3 is 46.5 Å². The maximum atomic E-state index is 13.4. The van der Waals surface area contributed by atoms with Crippen molar-refractivity contribution >= 4 is 87.5 Å². The fourth-order valence-corrected chi connectivity index (χ4v) is 6.45. The van der Waals surface area contributed by atoms with Gasteiger partial charge in [0.25, 0.3) is 11.8 Å². The maximum absolute atomic E-state index is 13.4. The normalized spacial score (nSPS) is 17.2. The Kier molecular flexibility index (Phi) is 13.2. The molecule has 1 unspecified atom stereocenters. The molecule has 4 rings (SSSR count). The molecule has 1 aromatic heterocycles. The fourth-order valence-electron chi connectivity index (χ4n) is 4.39. The van der Waals surface area contributed by atoms with Crippen molar-refractivity contribution in [3.8, 4) is 11.5 Å². The minimum atomic E-state index is -1.86. The number of nitrogens with two attached hydrogens (primary N) is 1. The molecule has 7 amide bonds. The summed E-state index contributed by atoms with van der Waals surface area (Å²) in [7, 11) is 0. The summed E-state index contributed by atoms with van der Waals surface area (Å²) >= 11 is 7.59. The van der Waals surface area contributed by atoms with Crippen molar-refractivity contribution in [3.63, 3.8) is 0 Å². The number of carboxylic acid groups (broad SMARTS) is 2. The van der Waals surface area contributed by atoms with E-state index in [9.17, 15) is 54.0 Å². The summed E-state index contributed by atoms with van der Waals surface area (Å²) < 4.78 is 1.17. The number of benzene rings is 1. The first-order valence-electron chi connectivity index (χ1n) is 15.4. The molecule has 2 aliphatic rings. The highest BCUT2D eigenvalue weighted by Crippen LogP contribution is 2.36. The number of likely N-dealkylation sites (tertiary alicyclic amines) is 1. The molecule has 2 aromatic rings. The Hall–Kier alpha value is -5.79. The van der Waals surface area contributed by atoms with E-state index in [0.717, 1.165) is 39.3 Å². The number of carbonyl (C=O) groups is 7. The van der Waals surface area contributed by atoms with Crippen molar-refractivity contribution < 1.29 is 63.7 Å². The predicted octanol–water partition coefficient (Wildman–Crippen LogP) is -0.537. The molecule has 292 valence electrons. The lowest BCUT2D eigenvalue weighted by atomic mass is 10.1. The summed E-state index contributed by atoms with van der Waals surface area (Å²) in [5.74, 6) is -6.19. The third-order valence-corrected chi connectivity index (χ3v) is 9.68. The zero-order valence-corrected chi connectivity index (χ0v) is 30.5. The second kappa shape index (κ2) is 17.4. The number of hydrazine groups is 1. The molecule has 54 heavy (non-hydrogen) atoms. The first-order valence-corrected chi connectivity index (χ1v) is 17.5. The standard InChI is InChI=1S/C28H33ClN10O13S2/c1-28(2,24(47)48)52-35-17(13-11-53-25(30)32-13)21(45)33-18-22(46)37(7-5-15(41)42)23(18)54-39-9-8-38(27(39)50)34-26(49)36-51-10-6-31-20(44)12-3-4-14(40)19(43)16(12)29/h3-4,11,18,23,40,43H,5-10H2,1-2H3,(H2,30,32)(H,31,44)(H,33,45)(H,41,42)(H,47,48)(H2,34,36,49)/b35-17-/t18?,23-/m1/s1. The van der Waals surface area contributed by atoms with Gasteiger partial charge in [0.05, 0.1) is 36.7 Å². The number of β-lactam (4-membered cyclic amide) rings is 1. The van der Waals surface area contributed by atoms with Crippen LogP contribution in [-0.2, 0) is 28.9 Å². The Morgan fingerprint density at radius 2 is 1.89 bits per heavy atom. The lowest BCUT2D eigenvalue weighted by Crippen LogP contribution is -2.70. The zero-order chi connectivity index (χ0) is 39.9. The number of rotatable bonds is 17. The van der Waals surface area contributed by atoms with Gasteiger partial charge in [0.15, 0.2) is 22.3 Å². The van der Waals surface area contributed by atoms with E-state index in [1.54, 1.807) is 0 Å². The van der Waals surface area contributed by atoms with Crippen LogP contribution in [0, 0.1) is 0 Å². The number of aromatic hydroxyl groups is 2. The molecule has 2 saturated heterocycles. The number of urea groups is 2. The molecule has 0 saturated carbocycles. The summed E-state index contributed by atoms with van der Waals surface area (Å²) in [6.45, 7) is 1.70. The van der Waals surface area contributed by atoms with Crippen LogP contribution >= 0.6 is 34.9 Å². The van der Waals surface area contributed by atoms with Crippen LogP contribution in [-0.4, -0.2) is 137 Å². The van der Waals surface area contributed by atoms with Crippen LogP contribution in [0.3, 0.4) is 0 Å². The van der Waals surface area contributed by atoms with Crippen LogP contribution in [0.4, 0.5) is 14.7 Å². The molecule has 2 atom stereocenters. The van der Waals surface area contributed by atoms with Gasteiger partial charge in [-0.2, -0.15) is 0 Å². The zero-order valence-electron chi connectivity index (χ0n) is 28.1. The van der Waals surface area contributed by atoms with Gasteiger partial charge in [0.1, 0.15) is 17.1 Å². The molecule has 0 radical (unpaired) electrons. The fraction of sp³-hybridized carbons (Fsp3) is 0.393. The highest BCUT2D eigenvalue weighted by Gasteiger charge is 2.51. The van der Waals surface area contributed by atoms with Gasteiger partial charge >= 0.3 is 24.0 Å². The Balaban J connectivity index is 1.33. The number of anilines is 1. The molecule has 3 heterocycles. The number of carboxylic acids is 2. The van der Waals surface area contributed by atoms with Gasteiger partial charge in [0.2, 0.25) is 11.5 Å². The number of hydroxylamine groups is 1. The largest absolute Gasteiger partial charge is 0.504 e. The first kappa shape index (κ1) is 41.0. The van der Waals surface area contributed by atoms with Gasteiger partial charge in [0, 0.05) is 18.5 Å². The Morgan fingerprint density at radius 1 is 1.17 bits per heavy atom. The van der Waals surface area contributed by atoms with Crippen LogP contribution < -0.4 is 27.3 Å². The molecule has 1 aromatic carbocycles. The number of carbonyl (C=O) groups excluding carboxylic acids is 5. The molecule has 0 aliphatic carbocycles. The van der Waals surface area contributed by atoms with Crippen molar-refractivity contribution in [1.82, 2.24) is 40.7 Å². The van der Waals surface area contributed by atoms with Crippen LogP contribution in [0.25, 0.3) is 0 Å². The van der Waals surface area contributed by atoms with E-state index >= 15 is 0 Å². The van der Waals surface area contributed by atoms with Gasteiger partial charge in [-0.05, 0) is 37.9 Å². The van der Waals surface area contributed by atoms with E-state index < -0.39 is 82.4 Å². The Bertz CT molecular complexity index is 1860. The average Bonchev–Trinajstić information content (AvgIpc) is 3.69. The number of nitrogens with one attached hydrogen (secondary N) is 4. The van der Waals surface area contributed by atoms with Crippen molar-refractivity contribution in [2.45, 2.75) is 37.3 Å². The number of oxime groups is 1. The monoisotopic (exact) mass is 816 g/mol. The van der Waals surface area contributed by atoms with E-state index in [2.05, 4.69) is 26.2 Å². The molecule has 23 nitrogen and oxygen atoms in total. The molecule has 0 bridgehead atoms. The molecule has 0 spiro atoms. The highest BCUT2D eigenvalue weighted by atomic mass is 35.5. The molecule has 2 fully saturated rings. The lowest BCUT2D eigenvalue weighted by Gasteiger charge is -2.47. The summed E-state index contributed by atoms with van der Waals surface area (Å²) in [5.41, 5.74) is 7.41. The van der Waals surface area contributed by atoms with E-state index in [4.69, 9.17) is 27.0 Å². The summed E-state index contributed by atoms with van der Waals surface area (Å²) in [4.78, 5) is 102. The molecule has 10 N–H and O–H groups in total. The third kappa shape index (κ3) is 9.79. The van der Waals surface area contributed by atoms with E-state index in [1.165, 1.54) is 29.6 Å². The van der Waals surface area contributed by atoms with Crippen molar-refractivity contribution in [1.29, 1.82) is 0 Å². The second-order valence-corrected chi connectivity index (χ2v) is 13.9. The number of phenolic OH excluding ortho intramolecular Hbond substituents is 2. The second-order valence-electron chi connectivity index (χ2n) is 11.5. The van der Waals surface area contributed by atoms with Gasteiger partial charge in [-0.25, -0.2) is 35.3 Å². The van der Waals surface area contributed by atoms with Gasteiger partial charge in [-0.1, -0.05) is 16.8 Å². The van der Waals surface area contributed by atoms with Crippen LogP contribution in [0.2, 0.25) is 5.02 Å². The smallest absolute Gasteiger partial charge is 0.357 e. The highest BCUT2D eigenvalue weighted by molar-refractivity contribution is 7.98. The van der Waals surface area contributed by atoms with E-state index in [0.29, 0.717) is 0 Å². The molecular formula is C28H33ClN10O13S2. The number of thiazole rings is 1. The third-order valence-electron chi connectivity index (χ3n) is 7.29. The minimum Gasteiger partial charge on any atom is -0.504 e. The summed E-state index contributed by atoms with van der Waals surface area (Å²) in [5, 5.41) is 47.2. The number of phenols is 2. The molecular weight excluding hydrogens is 784 g/mol. The number of aromatic nitrogens is 1.